The molecule has 0 aliphatic rings. The minimum absolute atomic E-state index is 0.516. The molecule has 0 heterocycles. The predicted molar refractivity (Wildman–Crippen MR) is 76.9 cm³/mol. The summed E-state index contributed by atoms with van der Waals surface area (Å²) in [5.74, 6) is -0.516. The quantitative estimate of drug-likeness (QED) is 0.935. The van der Waals surface area contributed by atoms with Crippen molar-refractivity contribution in [1.29, 1.82) is 0 Å². The highest BCUT2D eigenvalue weighted by Crippen LogP contribution is 2.19. The molecule has 0 spiro atoms. The zero-order chi connectivity index (χ0) is 14.0. The van der Waals surface area contributed by atoms with E-state index in [4.69, 9.17) is 0 Å². The summed E-state index contributed by atoms with van der Waals surface area (Å²) in [5.41, 5.74) is 0.596. The monoisotopic (exact) mass is 277 g/mol. The van der Waals surface area contributed by atoms with Crippen molar-refractivity contribution in [2.75, 3.05) is 11.6 Å². The molecule has 0 saturated carbocycles. The second-order valence-electron chi connectivity index (χ2n) is 4.52. The zero-order valence-corrected chi connectivity index (χ0v) is 11.6. The smallest absolute Gasteiger partial charge is 0.242 e. The summed E-state index contributed by atoms with van der Waals surface area (Å²) in [6, 6.07) is 13.2. The lowest BCUT2D eigenvalue weighted by molar-refractivity contribution is -0.115. The number of nitrogens with one attached hydrogen (secondary N) is 1. The Balaban J connectivity index is 2.24. The molecular formula is C14H15NO3S. The molecule has 5 heteroatoms. The zero-order valence-electron chi connectivity index (χ0n) is 10.8. The molecule has 0 bridgehead atoms. The Morgan fingerprint density at radius 2 is 1.74 bits per heavy atom. The molecule has 0 aliphatic heterocycles. The molecule has 1 amide bonds. The van der Waals surface area contributed by atoms with E-state index in [0.717, 1.165) is 17.0 Å². The van der Waals surface area contributed by atoms with Crippen molar-refractivity contribution in [2.24, 2.45) is 0 Å². The lowest BCUT2D eigenvalue weighted by Gasteiger charge is -2.11. The first-order chi connectivity index (χ1) is 8.88. The van der Waals surface area contributed by atoms with Crippen LogP contribution in [0.2, 0.25) is 0 Å². The van der Waals surface area contributed by atoms with Crippen molar-refractivity contribution in [3.63, 3.8) is 0 Å². The van der Waals surface area contributed by atoms with Crippen LogP contribution in [-0.4, -0.2) is 25.8 Å². The molecule has 0 radical (unpaired) electrons. The molecule has 100 valence electrons. The van der Waals surface area contributed by atoms with Gasteiger partial charge in [0.2, 0.25) is 5.91 Å². The Hall–Kier alpha value is -1.88. The van der Waals surface area contributed by atoms with E-state index < -0.39 is 21.0 Å². The van der Waals surface area contributed by atoms with Gasteiger partial charge in [-0.3, -0.25) is 4.79 Å². The molecule has 2 rings (SSSR count). The van der Waals surface area contributed by atoms with Gasteiger partial charge in [0.15, 0.2) is 9.84 Å². The normalized spacial score (nSPS) is 13.2. The lowest BCUT2D eigenvalue weighted by Crippen LogP contribution is -2.31. The van der Waals surface area contributed by atoms with Crippen LogP contribution in [0.15, 0.2) is 42.5 Å². The van der Waals surface area contributed by atoms with Crippen LogP contribution in [0.1, 0.15) is 6.92 Å². The third-order valence-electron chi connectivity index (χ3n) is 3.03. The maximum Gasteiger partial charge on any atom is 0.242 e. The van der Waals surface area contributed by atoms with Gasteiger partial charge in [-0.2, -0.15) is 0 Å². The summed E-state index contributed by atoms with van der Waals surface area (Å²) in [7, 11) is -3.38. The summed E-state index contributed by atoms with van der Waals surface area (Å²) in [6.07, 6.45) is 1.05. The Kier molecular flexibility index (Phi) is 3.57. The van der Waals surface area contributed by atoms with E-state index in [9.17, 15) is 13.2 Å². The van der Waals surface area contributed by atoms with Crippen LogP contribution in [0.25, 0.3) is 10.8 Å². The van der Waals surface area contributed by atoms with Crippen LogP contribution in [-0.2, 0) is 14.6 Å². The molecule has 0 saturated heterocycles. The van der Waals surface area contributed by atoms with Gasteiger partial charge in [0, 0.05) is 11.9 Å². The summed E-state index contributed by atoms with van der Waals surface area (Å²) >= 11 is 0. The van der Waals surface area contributed by atoms with Crippen molar-refractivity contribution in [2.45, 2.75) is 12.2 Å². The van der Waals surface area contributed by atoms with Gasteiger partial charge in [0.05, 0.1) is 0 Å². The van der Waals surface area contributed by atoms with Gasteiger partial charge < -0.3 is 5.32 Å². The standard InChI is InChI=1S/C14H15NO3S/c1-10(19(2,17)18)14(16)15-13-8-7-11-5-3-4-6-12(11)9-13/h3-10H,1-2H3,(H,15,16). The van der Waals surface area contributed by atoms with E-state index in [0.29, 0.717) is 5.69 Å². The highest BCUT2D eigenvalue weighted by molar-refractivity contribution is 7.92. The molecule has 0 fully saturated rings. The molecule has 1 unspecified atom stereocenters. The Morgan fingerprint density at radius 1 is 1.11 bits per heavy atom. The molecule has 1 atom stereocenters. The van der Waals surface area contributed by atoms with Crippen LogP contribution in [0.5, 0.6) is 0 Å². The number of hydrogen-bond acceptors (Lipinski definition) is 3. The Labute approximate surface area is 112 Å². The van der Waals surface area contributed by atoms with E-state index in [1.807, 2.05) is 36.4 Å². The summed E-state index contributed by atoms with van der Waals surface area (Å²) in [5, 5.41) is 3.62. The van der Waals surface area contributed by atoms with Gasteiger partial charge in [-0.1, -0.05) is 30.3 Å². The second kappa shape index (κ2) is 5.01. The number of sulfone groups is 1. The predicted octanol–water partition coefficient (Wildman–Crippen LogP) is 2.21. The Bertz CT molecular complexity index is 722. The van der Waals surface area contributed by atoms with Crippen LogP contribution in [0.3, 0.4) is 0 Å². The molecular weight excluding hydrogens is 262 g/mol. The fourth-order valence-corrected chi connectivity index (χ4v) is 2.15. The van der Waals surface area contributed by atoms with E-state index in [2.05, 4.69) is 5.32 Å². The molecule has 4 nitrogen and oxygen atoms in total. The number of benzene rings is 2. The molecule has 0 aromatic heterocycles. The number of fused-ring (bicyclic) bond motifs is 1. The first-order valence-electron chi connectivity index (χ1n) is 5.86. The van der Waals surface area contributed by atoms with Crippen molar-refractivity contribution in [3.8, 4) is 0 Å². The Morgan fingerprint density at radius 3 is 2.37 bits per heavy atom. The number of anilines is 1. The molecule has 1 N–H and O–H groups in total. The van der Waals surface area contributed by atoms with Gasteiger partial charge >= 0.3 is 0 Å². The average Bonchev–Trinajstić information content (AvgIpc) is 2.36. The largest absolute Gasteiger partial charge is 0.325 e. The summed E-state index contributed by atoms with van der Waals surface area (Å²) < 4.78 is 22.6. The van der Waals surface area contributed by atoms with E-state index >= 15 is 0 Å². The number of carbonyl (C=O) groups excluding carboxylic acids is 1. The minimum Gasteiger partial charge on any atom is -0.325 e. The van der Waals surface area contributed by atoms with Crippen molar-refractivity contribution >= 4 is 32.2 Å². The van der Waals surface area contributed by atoms with Crippen LogP contribution in [0.4, 0.5) is 5.69 Å². The average molecular weight is 277 g/mol. The molecule has 0 aliphatic carbocycles. The van der Waals surface area contributed by atoms with E-state index in [1.165, 1.54) is 6.92 Å². The van der Waals surface area contributed by atoms with Crippen molar-refractivity contribution in [3.05, 3.63) is 42.5 Å². The van der Waals surface area contributed by atoms with Crippen LogP contribution < -0.4 is 5.32 Å². The summed E-state index contributed by atoms with van der Waals surface area (Å²) in [6.45, 7) is 1.38. The molecule has 2 aromatic rings. The van der Waals surface area contributed by atoms with Gasteiger partial charge in [-0.25, -0.2) is 8.42 Å². The highest BCUT2D eigenvalue weighted by Gasteiger charge is 2.23. The first-order valence-corrected chi connectivity index (χ1v) is 7.82. The third-order valence-corrected chi connectivity index (χ3v) is 4.53. The van der Waals surface area contributed by atoms with Crippen LogP contribution in [0, 0.1) is 0 Å². The molecule has 19 heavy (non-hydrogen) atoms. The number of amides is 1. The minimum atomic E-state index is -3.38. The SMILES string of the molecule is CC(C(=O)Nc1ccc2ccccc2c1)S(C)(=O)=O. The highest BCUT2D eigenvalue weighted by atomic mass is 32.2. The number of hydrogen-bond donors (Lipinski definition) is 1. The van der Waals surface area contributed by atoms with E-state index in [-0.39, 0.29) is 0 Å². The van der Waals surface area contributed by atoms with Crippen molar-refractivity contribution < 1.29 is 13.2 Å². The summed E-state index contributed by atoms with van der Waals surface area (Å²) in [4.78, 5) is 11.8. The second-order valence-corrected chi connectivity index (χ2v) is 6.89. The fraction of sp³-hybridized carbons (Fsp3) is 0.214. The van der Waals surface area contributed by atoms with Crippen LogP contribution >= 0.6 is 0 Å². The third kappa shape index (κ3) is 3.12. The number of carbonyl (C=O) groups is 1. The topological polar surface area (TPSA) is 63.2 Å². The van der Waals surface area contributed by atoms with Gasteiger partial charge in [0.25, 0.3) is 0 Å². The molecule has 2 aromatic carbocycles. The number of rotatable bonds is 3. The lowest BCUT2D eigenvalue weighted by atomic mass is 10.1. The van der Waals surface area contributed by atoms with Gasteiger partial charge in [-0.05, 0) is 29.8 Å². The maximum atomic E-state index is 11.8. The van der Waals surface area contributed by atoms with Gasteiger partial charge in [0.1, 0.15) is 5.25 Å². The van der Waals surface area contributed by atoms with Crippen molar-refractivity contribution in [1.82, 2.24) is 0 Å². The first kappa shape index (κ1) is 13.5. The maximum absolute atomic E-state index is 11.8. The van der Waals surface area contributed by atoms with E-state index in [1.54, 1.807) is 6.07 Å². The fourth-order valence-electron chi connectivity index (χ4n) is 1.71. The van der Waals surface area contributed by atoms with Gasteiger partial charge in [-0.15, -0.1) is 0 Å².